The molecular weight excluding hydrogens is 286 g/mol. The monoisotopic (exact) mass is 305 g/mol. The summed E-state index contributed by atoms with van der Waals surface area (Å²) >= 11 is 0. The predicted octanol–water partition coefficient (Wildman–Crippen LogP) is 3.58. The van der Waals surface area contributed by atoms with Gasteiger partial charge < -0.3 is 9.47 Å². The van der Waals surface area contributed by atoms with Crippen LogP contribution in [0, 0.1) is 0 Å². The molecule has 2 aromatic carbocycles. The van der Waals surface area contributed by atoms with Gasteiger partial charge in [-0.05, 0) is 31.2 Å². The summed E-state index contributed by atoms with van der Waals surface area (Å²) in [6.45, 7) is 3.70. The quantitative estimate of drug-likeness (QED) is 0.742. The van der Waals surface area contributed by atoms with Crippen LogP contribution < -0.4 is 4.90 Å². The number of fused-ring (bicyclic) bond motifs is 1. The van der Waals surface area contributed by atoms with E-state index in [1.165, 1.54) is 0 Å². The van der Waals surface area contributed by atoms with Gasteiger partial charge in [-0.15, -0.1) is 0 Å². The van der Waals surface area contributed by atoms with Crippen molar-refractivity contribution in [1.29, 1.82) is 0 Å². The van der Waals surface area contributed by atoms with Crippen LogP contribution in [0.15, 0.2) is 54.6 Å². The van der Waals surface area contributed by atoms with E-state index in [1.54, 1.807) is 0 Å². The molecule has 1 amide bonds. The van der Waals surface area contributed by atoms with Crippen molar-refractivity contribution in [2.75, 3.05) is 11.4 Å². The van der Waals surface area contributed by atoms with Gasteiger partial charge >= 0.3 is 0 Å². The lowest BCUT2D eigenvalue weighted by Gasteiger charge is -2.17. The number of aryl methyl sites for hydroxylation is 1. The van der Waals surface area contributed by atoms with Crippen LogP contribution in [0.5, 0.6) is 0 Å². The van der Waals surface area contributed by atoms with Gasteiger partial charge in [0.1, 0.15) is 5.82 Å². The third-order valence-electron chi connectivity index (χ3n) is 4.56. The molecule has 0 saturated carbocycles. The molecule has 1 aromatic heterocycles. The highest BCUT2D eigenvalue weighted by Crippen LogP contribution is 2.32. The van der Waals surface area contributed by atoms with E-state index in [2.05, 4.69) is 17.6 Å². The molecule has 4 nitrogen and oxygen atoms in total. The maximum atomic E-state index is 12.5. The average molecular weight is 305 g/mol. The number of amides is 1. The molecule has 1 saturated heterocycles. The molecule has 3 aromatic rings. The van der Waals surface area contributed by atoms with E-state index in [4.69, 9.17) is 4.98 Å². The van der Waals surface area contributed by atoms with Crippen molar-refractivity contribution < 1.29 is 4.79 Å². The second kappa shape index (κ2) is 5.54. The summed E-state index contributed by atoms with van der Waals surface area (Å²) < 4.78 is 2.24. The van der Waals surface area contributed by atoms with Gasteiger partial charge in [0.15, 0.2) is 0 Å². The van der Waals surface area contributed by atoms with Crippen LogP contribution >= 0.6 is 0 Å². The molecule has 0 radical (unpaired) electrons. The molecule has 0 N–H and O–H groups in total. The Bertz CT molecular complexity index is 853. The molecule has 1 atom stereocenters. The van der Waals surface area contributed by atoms with Crippen molar-refractivity contribution in [1.82, 2.24) is 9.55 Å². The largest absolute Gasteiger partial charge is 0.328 e. The Hall–Kier alpha value is -2.62. The average Bonchev–Trinajstić information content (AvgIpc) is 3.15. The minimum absolute atomic E-state index is 0.148. The van der Waals surface area contributed by atoms with Gasteiger partial charge in [0.2, 0.25) is 5.91 Å². The first-order valence-corrected chi connectivity index (χ1v) is 8.08. The number of anilines is 1. The van der Waals surface area contributed by atoms with Crippen molar-refractivity contribution in [2.24, 2.45) is 0 Å². The highest BCUT2D eigenvalue weighted by atomic mass is 16.2. The molecule has 116 valence electrons. The van der Waals surface area contributed by atoms with Gasteiger partial charge in [-0.2, -0.15) is 0 Å². The maximum absolute atomic E-state index is 12.5. The van der Waals surface area contributed by atoms with Crippen molar-refractivity contribution in [3.63, 3.8) is 0 Å². The number of benzene rings is 2. The Balaban J connectivity index is 1.71. The summed E-state index contributed by atoms with van der Waals surface area (Å²) in [5.41, 5.74) is 3.13. The summed E-state index contributed by atoms with van der Waals surface area (Å²) in [7, 11) is 0. The molecule has 0 unspecified atom stereocenters. The van der Waals surface area contributed by atoms with Crippen LogP contribution in [-0.4, -0.2) is 22.0 Å². The molecule has 1 aliphatic rings. The zero-order chi connectivity index (χ0) is 15.8. The van der Waals surface area contributed by atoms with Gasteiger partial charge in [-0.25, -0.2) is 4.98 Å². The van der Waals surface area contributed by atoms with E-state index < -0.39 is 0 Å². The van der Waals surface area contributed by atoms with Crippen LogP contribution in [0.2, 0.25) is 0 Å². The van der Waals surface area contributed by atoms with Crippen LogP contribution in [0.3, 0.4) is 0 Å². The van der Waals surface area contributed by atoms with E-state index in [9.17, 15) is 4.79 Å². The molecule has 2 heterocycles. The summed E-state index contributed by atoms with van der Waals surface area (Å²) in [5, 5.41) is 0. The Kier molecular flexibility index (Phi) is 3.37. The third-order valence-corrected chi connectivity index (χ3v) is 4.56. The fourth-order valence-corrected chi connectivity index (χ4v) is 3.48. The van der Waals surface area contributed by atoms with Crippen LogP contribution in [0.1, 0.15) is 25.1 Å². The second-order valence-electron chi connectivity index (χ2n) is 5.94. The van der Waals surface area contributed by atoms with Gasteiger partial charge in [-0.1, -0.05) is 30.3 Å². The Morgan fingerprint density at radius 2 is 1.83 bits per heavy atom. The van der Waals surface area contributed by atoms with Crippen molar-refractivity contribution >= 4 is 22.6 Å². The summed E-state index contributed by atoms with van der Waals surface area (Å²) in [6.07, 6.45) is 0.526. The lowest BCUT2D eigenvalue weighted by Crippen LogP contribution is -2.24. The fourth-order valence-electron chi connectivity index (χ4n) is 3.48. The zero-order valence-corrected chi connectivity index (χ0v) is 13.1. The standard InChI is InChI=1S/C19H19N3O/c1-2-21-17-11-7-6-10-16(17)20-19(21)14-12-18(23)22(13-14)15-8-4-3-5-9-15/h3-11,14H,2,12-13H2,1H3/t14-/m0/s1. The first kappa shape index (κ1) is 14.0. The van der Waals surface area contributed by atoms with Gasteiger partial charge in [0, 0.05) is 31.1 Å². The summed E-state index contributed by atoms with van der Waals surface area (Å²) in [5.74, 6) is 1.35. The van der Waals surface area contributed by atoms with Crippen LogP contribution in [0.25, 0.3) is 11.0 Å². The number of hydrogen-bond acceptors (Lipinski definition) is 2. The number of carbonyl (C=O) groups is 1. The first-order valence-electron chi connectivity index (χ1n) is 8.08. The Morgan fingerprint density at radius 1 is 1.09 bits per heavy atom. The van der Waals surface area contributed by atoms with Crippen LogP contribution in [-0.2, 0) is 11.3 Å². The fraction of sp³-hybridized carbons (Fsp3) is 0.263. The number of hydrogen-bond donors (Lipinski definition) is 0. The minimum Gasteiger partial charge on any atom is -0.328 e. The van der Waals surface area contributed by atoms with Gasteiger partial charge in [-0.3, -0.25) is 4.79 Å². The van der Waals surface area contributed by atoms with E-state index in [0.717, 1.165) is 29.1 Å². The second-order valence-corrected chi connectivity index (χ2v) is 5.94. The normalized spacial score (nSPS) is 18.0. The molecule has 1 aliphatic heterocycles. The van der Waals surface area contributed by atoms with Gasteiger partial charge in [0.25, 0.3) is 0 Å². The number of para-hydroxylation sites is 3. The lowest BCUT2D eigenvalue weighted by molar-refractivity contribution is -0.117. The topological polar surface area (TPSA) is 38.1 Å². The minimum atomic E-state index is 0.148. The van der Waals surface area contributed by atoms with Gasteiger partial charge in [0.05, 0.1) is 11.0 Å². The summed E-state index contributed by atoms with van der Waals surface area (Å²) in [6, 6.07) is 18.1. The molecule has 23 heavy (non-hydrogen) atoms. The summed E-state index contributed by atoms with van der Waals surface area (Å²) in [4.78, 5) is 19.2. The highest BCUT2D eigenvalue weighted by Gasteiger charge is 2.34. The van der Waals surface area contributed by atoms with E-state index in [0.29, 0.717) is 13.0 Å². The van der Waals surface area contributed by atoms with Crippen LogP contribution in [0.4, 0.5) is 5.69 Å². The van der Waals surface area contributed by atoms with E-state index in [-0.39, 0.29) is 11.8 Å². The van der Waals surface area contributed by atoms with Crippen molar-refractivity contribution in [3.8, 4) is 0 Å². The Labute approximate surface area is 135 Å². The molecule has 1 fully saturated rings. The highest BCUT2D eigenvalue weighted by molar-refractivity contribution is 5.96. The molecule has 0 aliphatic carbocycles. The number of rotatable bonds is 3. The Morgan fingerprint density at radius 3 is 2.61 bits per heavy atom. The molecule has 0 spiro atoms. The van der Waals surface area contributed by atoms with E-state index in [1.807, 2.05) is 53.4 Å². The zero-order valence-electron chi connectivity index (χ0n) is 13.1. The number of carbonyl (C=O) groups excluding carboxylic acids is 1. The number of nitrogens with zero attached hydrogens (tertiary/aromatic N) is 3. The molecular formula is C19H19N3O. The SMILES string of the molecule is CCn1c([C@H]2CC(=O)N(c3ccccc3)C2)nc2ccccc21. The number of imidazole rings is 1. The lowest BCUT2D eigenvalue weighted by atomic mass is 10.1. The molecule has 4 rings (SSSR count). The maximum Gasteiger partial charge on any atom is 0.227 e. The first-order chi connectivity index (χ1) is 11.3. The predicted molar refractivity (Wildman–Crippen MR) is 91.6 cm³/mol. The molecule has 0 bridgehead atoms. The van der Waals surface area contributed by atoms with Crippen molar-refractivity contribution in [2.45, 2.75) is 25.8 Å². The number of aromatic nitrogens is 2. The molecule has 4 heteroatoms. The smallest absolute Gasteiger partial charge is 0.227 e. The van der Waals surface area contributed by atoms with E-state index >= 15 is 0 Å². The van der Waals surface area contributed by atoms with Crippen molar-refractivity contribution in [3.05, 3.63) is 60.4 Å². The third kappa shape index (κ3) is 2.31.